The van der Waals surface area contributed by atoms with Gasteiger partial charge in [-0.2, -0.15) is 0 Å². The van der Waals surface area contributed by atoms with Crippen molar-refractivity contribution in [2.45, 2.75) is 40.7 Å². The van der Waals surface area contributed by atoms with Gasteiger partial charge in [-0.25, -0.2) is 4.79 Å². The fraction of sp³-hybridized carbons (Fsp3) is 0.533. The third-order valence-electron chi connectivity index (χ3n) is 4.01. The zero-order valence-corrected chi connectivity index (χ0v) is 13.3. The van der Waals surface area contributed by atoms with Gasteiger partial charge in [0, 0.05) is 24.8 Å². The van der Waals surface area contributed by atoms with Gasteiger partial charge in [0.25, 0.3) is 5.69 Å². The van der Waals surface area contributed by atoms with Crippen LogP contribution < -0.4 is 4.90 Å². The number of rotatable bonds is 4. The second-order valence-electron chi connectivity index (χ2n) is 6.35. The van der Waals surface area contributed by atoms with Crippen LogP contribution in [0.15, 0.2) is 12.1 Å². The van der Waals surface area contributed by atoms with Gasteiger partial charge in [-0.15, -0.1) is 0 Å². The summed E-state index contributed by atoms with van der Waals surface area (Å²) in [4.78, 5) is 23.7. The number of nitrogens with zero attached hydrogens (tertiary/aromatic N) is 2. The monoisotopic (exact) mass is 294 g/mol. The summed E-state index contributed by atoms with van der Waals surface area (Å²) < 4.78 is 0. The summed E-state index contributed by atoms with van der Waals surface area (Å²) in [7, 11) is 1.83. The zero-order valence-electron chi connectivity index (χ0n) is 13.3. The van der Waals surface area contributed by atoms with Gasteiger partial charge >= 0.3 is 5.97 Å². The highest BCUT2D eigenvalue weighted by molar-refractivity contribution is 5.90. The molecule has 1 N–H and O–H groups in total. The first-order chi connectivity index (χ1) is 9.46. The van der Waals surface area contributed by atoms with Crippen molar-refractivity contribution in [3.05, 3.63) is 33.4 Å². The molecule has 0 saturated carbocycles. The number of hydrogen-bond donors (Lipinski definition) is 1. The third kappa shape index (κ3) is 3.51. The molecule has 0 radical (unpaired) electrons. The molecule has 0 amide bonds. The molecule has 1 aromatic rings. The van der Waals surface area contributed by atoms with E-state index in [1.165, 1.54) is 6.07 Å². The van der Waals surface area contributed by atoms with Crippen molar-refractivity contribution in [1.29, 1.82) is 0 Å². The molecule has 0 fully saturated rings. The number of aromatic carboxylic acids is 1. The maximum Gasteiger partial charge on any atom is 0.336 e. The van der Waals surface area contributed by atoms with E-state index in [0.717, 1.165) is 6.07 Å². The Morgan fingerprint density at radius 3 is 2.29 bits per heavy atom. The van der Waals surface area contributed by atoms with Gasteiger partial charge in [0.1, 0.15) is 0 Å². The lowest BCUT2D eigenvalue weighted by Crippen LogP contribution is -2.39. The highest BCUT2D eigenvalue weighted by Gasteiger charge is 2.28. The number of carbonyl (C=O) groups is 1. The van der Waals surface area contributed by atoms with Crippen LogP contribution in [0.2, 0.25) is 0 Å². The van der Waals surface area contributed by atoms with Crippen molar-refractivity contribution in [3.8, 4) is 0 Å². The SMILES string of the molecule is Cc1c(N(C)C(C)C(C)(C)C)cc(C(=O)O)cc1[N+](=O)[O-]. The van der Waals surface area contributed by atoms with E-state index in [4.69, 9.17) is 5.11 Å². The van der Waals surface area contributed by atoms with Crippen molar-refractivity contribution in [3.63, 3.8) is 0 Å². The van der Waals surface area contributed by atoms with Crippen LogP contribution in [0.3, 0.4) is 0 Å². The Balaban J connectivity index is 3.47. The quantitative estimate of drug-likeness (QED) is 0.679. The number of nitro benzene ring substituents is 1. The second kappa shape index (κ2) is 5.71. The summed E-state index contributed by atoms with van der Waals surface area (Å²) in [5.41, 5.74) is 0.760. The fourth-order valence-electron chi connectivity index (χ4n) is 2.15. The van der Waals surface area contributed by atoms with Crippen molar-refractivity contribution in [2.24, 2.45) is 5.41 Å². The van der Waals surface area contributed by atoms with Gasteiger partial charge < -0.3 is 10.0 Å². The lowest BCUT2D eigenvalue weighted by Gasteiger charge is -2.37. The average molecular weight is 294 g/mol. The molecule has 0 aliphatic rings. The van der Waals surface area contributed by atoms with E-state index in [0.29, 0.717) is 11.3 Å². The highest BCUT2D eigenvalue weighted by atomic mass is 16.6. The van der Waals surface area contributed by atoms with E-state index in [9.17, 15) is 14.9 Å². The van der Waals surface area contributed by atoms with Crippen molar-refractivity contribution in [1.82, 2.24) is 0 Å². The fourth-order valence-corrected chi connectivity index (χ4v) is 2.15. The van der Waals surface area contributed by atoms with Crippen LogP contribution in [0.4, 0.5) is 11.4 Å². The Morgan fingerprint density at radius 2 is 1.90 bits per heavy atom. The zero-order chi connectivity index (χ0) is 16.5. The Labute approximate surface area is 124 Å². The van der Waals surface area contributed by atoms with Crippen LogP contribution in [-0.2, 0) is 0 Å². The smallest absolute Gasteiger partial charge is 0.336 e. The second-order valence-corrected chi connectivity index (χ2v) is 6.35. The Bertz CT molecular complexity index is 576. The first-order valence-electron chi connectivity index (χ1n) is 6.72. The number of anilines is 1. The molecule has 21 heavy (non-hydrogen) atoms. The van der Waals surface area contributed by atoms with Gasteiger partial charge in [-0.1, -0.05) is 20.8 Å². The Hall–Kier alpha value is -2.11. The van der Waals surface area contributed by atoms with E-state index >= 15 is 0 Å². The molecule has 6 heteroatoms. The Morgan fingerprint density at radius 1 is 1.38 bits per heavy atom. The molecule has 0 aliphatic carbocycles. The van der Waals surface area contributed by atoms with E-state index in [1.54, 1.807) is 6.92 Å². The number of benzene rings is 1. The van der Waals surface area contributed by atoms with Crippen LogP contribution in [0, 0.1) is 22.5 Å². The summed E-state index contributed by atoms with van der Waals surface area (Å²) in [6.45, 7) is 9.86. The van der Waals surface area contributed by atoms with E-state index in [-0.39, 0.29) is 22.7 Å². The molecule has 0 saturated heterocycles. The van der Waals surface area contributed by atoms with Crippen molar-refractivity contribution in [2.75, 3.05) is 11.9 Å². The van der Waals surface area contributed by atoms with Gasteiger partial charge in [0.2, 0.25) is 0 Å². The van der Waals surface area contributed by atoms with Crippen LogP contribution >= 0.6 is 0 Å². The molecule has 0 heterocycles. The van der Waals surface area contributed by atoms with Crippen LogP contribution in [0.5, 0.6) is 0 Å². The summed E-state index contributed by atoms with van der Waals surface area (Å²) in [6.07, 6.45) is 0. The molecule has 0 spiro atoms. The maximum atomic E-state index is 11.2. The predicted octanol–water partition coefficient (Wildman–Crippen LogP) is 3.47. The molecule has 0 aliphatic heterocycles. The molecule has 1 rings (SSSR count). The molecular formula is C15H22N2O4. The van der Waals surface area contributed by atoms with E-state index < -0.39 is 10.9 Å². The summed E-state index contributed by atoms with van der Waals surface area (Å²) in [6, 6.07) is 2.68. The van der Waals surface area contributed by atoms with E-state index in [2.05, 4.69) is 20.8 Å². The minimum absolute atomic E-state index is 0.0464. The Kier molecular flexibility index (Phi) is 4.61. The van der Waals surface area contributed by atoms with Gasteiger partial charge in [0.05, 0.1) is 16.1 Å². The van der Waals surface area contributed by atoms with Crippen molar-refractivity contribution >= 4 is 17.3 Å². The van der Waals surface area contributed by atoms with Gasteiger partial charge in [-0.05, 0) is 25.3 Å². The summed E-state index contributed by atoms with van der Waals surface area (Å²) in [5, 5.41) is 20.3. The lowest BCUT2D eigenvalue weighted by molar-refractivity contribution is -0.385. The minimum atomic E-state index is -1.17. The first-order valence-corrected chi connectivity index (χ1v) is 6.72. The molecular weight excluding hydrogens is 272 g/mol. The number of nitro groups is 1. The van der Waals surface area contributed by atoms with Gasteiger partial charge in [-0.3, -0.25) is 10.1 Å². The van der Waals surface area contributed by atoms with Crippen LogP contribution in [0.25, 0.3) is 0 Å². The first kappa shape index (κ1) is 16.9. The molecule has 116 valence electrons. The molecule has 1 atom stereocenters. The summed E-state index contributed by atoms with van der Waals surface area (Å²) >= 11 is 0. The predicted molar refractivity (Wildman–Crippen MR) is 82.1 cm³/mol. The largest absolute Gasteiger partial charge is 0.478 e. The third-order valence-corrected chi connectivity index (χ3v) is 4.01. The highest BCUT2D eigenvalue weighted by Crippen LogP contribution is 2.34. The molecule has 6 nitrogen and oxygen atoms in total. The maximum absolute atomic E-state index is 11.2. The summed E-state index contributed by atoms with van der Waals surface area (Å²) in [5.74, 6) is -1.17. The van der Waals surface area contributed by atoms with Gasteiger partial charge in [0.15, 0.2) is 0 Å². The number of carboxylic acid groups (broad SMARTS) is 1. The van der Waals surface area contributed by atoms with Crippen molar-refractivity contribution < 1.29 is 14.8 Å². The molecule has 0 aromatic heterocycles. The lowest BCUT2D eigenvalue weighted by atomic mass is 9.86. The molecule has 1 aromatic carbocycles. The average Bonchev–Trinajstić information content (AvgIpc) is 2.35. The molecule has 1 unspecified atom stereocenters. The normalized spacial score (nSPS) is 12.9. The molecule has 0 bridgehead atoms. The van der Waals surface area contributed by atoms with E-state index in [1.807, 2.05) is 18.9 Å². The number of carboxylic acids is 1. The topological polar surface area (TPSA) is 83.7 Å². The van der Waals surface area contributed by atoms with Crippen LogP contribution in [-0.4, -0.2) is 29.1 Å². The minimum Gasteiger partial charge on any atom is -0.478 e. The standard InChI is InChI=1S/C15H22N2O4/c1-9-12(16(6)10(2)15(3,4)5)7-11(14(18)19)8-13(9)17(20)21/h7-8,10H,1-6H3,(H,18,19). The number of hydrogen-bond acceptors (Lipinski definition) is 4. The van der Waals surface area contributed by atoms with Crippen LogP contribution in [0.1, 0.15) is 43.6 Å².